The highest BCUT2D eigenvalue weighted by Gasteiger charge is 1.97. The lowest BCUT2D eigenvalue weighted by Gasteiger charge is -1.98. The van der Waals surface area contributed by atoms with Crippen LogP contribution in [0.5, 0.6) is 0 Å². The summed E-state index contributed by atoms with van der Waals surface area (Å²) in [5, 5.41) is 2.68. The van der Waals surface area contributed by atoms with Gasteiger partial charge in [-0.15, -0.1) is 0 Å². The fourth-order valence-electron chi connectivity index (χ4n) is 1.17. The number of benzene rings is 1. The average Bonchev–Trinajstić information content (AvgIpc) is 2.22. The normalized spacial score (nSPS) is 10.7. The van der Waals surface area contributed by atoms with Crippen LogP contribution in [0.1, 0.15) is 18.9 Å². The van der Waals surface area contributed by atoms with E-state index in [0.717, 1.165) is 12.0 Å². The molecule has 0 spiro atoms. The van der Waals surface area contributed by atoms with Crippen LogP contribution < -0.4 is 5.32 Å². The van der Waals surface area contributed by atoms with E-state index in [-0.39, 0.29) is 11.7 Å². The zero-order chi connectivity index (χ0) is 12.0. The number of hydrogen-bond donors (Lipinski definition) is 1. The topological polar surface area (TPSA) is 29.1 Å². The van der Waals surface area contributed by atoms with Gasteiger partial charge < -0.3 is 5.32 Å². The number of hydrogen-bond acceptors (Lipinski definition) is 1. The van der Waals surface area contributed by atoms with Gasteiger partial charge in [-0.2, -0.15) is 0 Å². The molecule has 2 nitrogen and oxygen atoms in total. The molecule has 0 saturated heterocycles. The van der Waals surface area contributed by atoms with E-state index in [9.17, 15) is 9.18 Å². The van der Waals surface area contributed by atoms with Gasteiger partial charge in [-0.05, 0) is 40.0 Å². The lowest BCUT2D eigenvalue weighted by Crippen LogP contribution is -2.20. The molecule has 0 radical (unpaired) electrons. The van der Waals surface area contributed by atoms with Crippen molar-refractivity contribution in [1.29, 1.82) is 0 Å². The van der Waals surface area contributed by atoms with Crippen molar-refractivity contribution < 1.29 is 9.18 Å². The van der Waals surface area contributed by atoms with E-state index < -0.39 is 0 Å². The van der Waals surface area contributed by atoms with Crippen LogP contribution in [0.25, 0.3) is 6.08 Å². The van der Waals surface area contributed by atoms with E-state index in [1.54, 1.807) is 6.07 Å². The van der Waals surface area contributed by atoms with Crippen LogP contribution in [0, 0.1) is 5.82 Å². The van der Waals surface area contributed by atoms with Crippen molar-refractivity contribution in [2.75, 3.05) is 6.54 Å². The molecule has 0 aliphatic carbocycles. The lowest BCUT2D eigenvalue weighted by molar-refractivity contribution is -0.118. The molecule has 0 heterocycles. The number of nitrogens with one attached hydrogen (secondary N) is 1. The Bertz CT molecular complexity index is 404. The summed E-state index contributed by atoms with van der Waals surface area (Å²) in [6.07, 6.45) is 4.47. The number of amides is 1. The van der Waals surface area contributed by atoms with Gasteiger partial charge >= 0.3 is 0 Å². The summed E-state index contributed by atoms with van der Waals surface area (Å²) in [5.74, 6) is -0.313. The Morgan fingerprint density at radius 2 is 2.31 bits per heavy atom. The average molecular weight is 286 g/mol. The van der Waals surface area contributed by atoms with Crippen molar-refractivity contribution in [3.63, 3.8) is 0 Å². The molecular formula is C12H13BrFNO. The molecule has 1 N–H and O–H groups in total. The van der Waals surface area contributed by atoms with Crippen LogP contribution in [-0.4, -0.2) is 12.5 Å². The second kappa shape index (κ2) is 6.43. The number of halogens is 2. The Hall–Kier alpha value is -1.16. The molecule has 0 aromatic heterocycles. The van der Waals surface area contributed by atoms with E-state index in [1.165, 1.54) is 13.0 Å². The van der Waals surface area contributed by atoms with Gasteiger partial charge in [-0.1, -0.05) is 18.2 Å². The Kier molecular flexibility index (Phi) is 5.19. The van der Waals surface area contributed by atoms with Crippen LogP contribution >= 0.6 is 15.9 Å². The van der Waals surface area contributed by atoms with Gasteiger partial charge in [-0.3, -0.25) is 4.79 Å². The summed E-state index contributed by atoms with van der Waals surface area (Å²) in [7, 11) is 0. The second-order valence-corrected chi connectivity index (χ2v) is 4.20. The van der Waals surface area contributed by atoms with Gasteiger partial charge in [0.25, 0.3) is 0 Å². The third-order valence-electron chi connectivity index (χ3n) is 1.94. The first kappa shape index (κ1) is 12.9. The predicted molar refractivity (Wildman–Crippen MR) is 66.4 cm³/mol. The van der Waals surface area contributed by atoms with Crippen molar-refractivity contribution in [1.82, 2.24) is 5.32 Å². The monoisotopic (exact) mass is 285 g/mol. The summed E-state index contributed by atoms with van der Waals surface area (Å²) in [5.41, 5.74) is 0.809. The molecule has 0 aliphatic rings. The quantitative estimate of drug-likeness (QED) is 0.846. The summed E-state index contributed by atoms with van der Waals surface area (Å²) in [6, 6.07) is 4.95. The first-order valence-corrected chi connectivity index (χ1v) is 5.75. The van der Waals surface area contributed by atoms with Crippen molar-refractivity contribution in [2.24, 2.45) is 0 Å². The summed E-state index contributed by atoms with van der Waals surface area (Å²) < 4.78 is 13.6. The minimum absolute atomic E-state index is 0.0388. The Labute approximate surface area is 103 Å². The number of rotatable bonds is 4. The number of carbonyl (C=O) groups is 1. The van der Waals surface area contributed by atoms with E-state index in [4.69, 9.17) is 0 Å². The summed E-state index contributed by atoms with van der Waals surface area (Å²) in [4.78, 5) is 10.6. The lowest BCUT2D eigenvalue weighted by atomic mass is 10.2. The number of carbonyl (C=O) groups excluding carboxylic acids is 1. The molecule has 0 aliphatic heterocycles. The van der Waals surface area contributed by atoms with Gasteiger partial charge in [0.2, 0.25) is 5.91 Å². The fraction of sp³-hybridized carbons (Fsp3) is 0.250. The molecule has 1 rings (SSSR count). The van der Waals surface area contributed by atoms with E-state index in [2.05, 4.69) is 21.2 Å². The highest BCUT2D eigenvalue weighted by atomic mass is 79.9. The van der Waals surface area contributed by atoms with Gasteiger partial charge in [0.15, 0.2) is 0 Å². The van der Waals surface area contributed by atoms with Crippen LogP contribution in [0.2, 0.25) is 0 Å². The molecule has 1 aromatic rings. The summed E-state index contributed by atoms with van der Waals surface area (Å²) in [6.45, 7) is 2.08. The zero-order valence-corrected chi connectivity index (χ0v) is 10.6. The zero-order valence-electron chi connectivity index (χ0n) is 8.97. The summed E-state index contributed by atoms with van der Waals surface area (Å²) >= 11 is 3.09. The standard InChI is InChI=1S/C12H13BrFNO/c1-9(16)15-7-3-2-4-10-5-6-11(13)12(14)8-10/h2,4-6,8H,3,7H2,1H3,(H,15,16). The minimum atomic E-state index is -0.274. The molecule has 0 fully saturated rings. The van der Waals surface area contributed by atoms with Gasteiger partial charge in [0.1, 0.15) is 5.82 Å². The molecule has 1 aromatic carbocycles. The van der Waals surface area contributed by atoms with E-state index in [0.29, 0.717) is 11.0 Å². The third kappa shape index (κ3) is 4.57. The van der Waals surface area contributed by atoms with E-state index in [1.807, 2.05) is 18.2 Å². The SMILES string of the molecule is CC(=O)NCCC=Cc1ccc(Br)c(F)c1. The van der Waals surface area contributed by atoms with Crippen molar-refractivity contribution in [3.8, 4) is 0 Å². The van der Waals surface area contributed by atoms with Gasteiger partial charge in [0.05, 0.1) is 4.47 Å². The Morgan fingerprint density at radius 1 is 1.56 bits per heavy atom. The van der Waals surface area contributed by atoms with Crippen LogP contribution in [0.4, 0.5) is 4.39 Å². The van der Waals surface area contributed by atoms with Crippen molar-refractivity contribution in [2.45, 2.75) is 13.3 Å². The molecule has 16 heavy (non-hydrogen) atoms. The largest absolute Gasteiger partial charge is 0.356 e. The first-order valence-electron chi connectivity index (χ1n) is 4.95. The molecule has 0 saturated carbocycles. The maximum Gasteiger partial charge on any atom is 0.216 e. The Balaban J connectivity index is 2.44. The van der Waals surface area contributed by atoms with Crippen molar-refractivity contribution in [3.05, 3.63) is 40.1 Å². The highest BCUT2D eigenvalue weighted by Crippen LogP contribution is 2.17. The maximum atomic E-state index is 13.1. The molecule has 1 amide bonds. The van der Waals surface area contributed by atoms with Crippen molar-refractivity contribution >= 4 is 27.9 Å². The molecule has 0 bridgehead atoms. The first-order chi connectivity index (χ1) is 7.59. The van der Waals surface area contributed by atoms with Gasteiger partial charge in [-0.25, -0.2) is 4.39 Å². The van der Waals surface area contributed by atoms with Crippen LogP contribution in [-0.2, 0) is 4.79 Å². The molecule has 4 heteroatoms. The molecule has 0 atom stereocenters. The third-order valence-corrected chi connectivity index (χ3v) is 2.58. The van der Waals surface area contributed by atoms with Crippen LogP contribution in [0.15, 0.2) is 28.7 Å². The minimum Gasteiger partial charge on any atom is -0.356 e. The van der Waals surface area contributed by atoms with Gasteiger partial charge in [0, 0.05) is 13.5 Å². The smallest absolute Gasteiger partial charge is 0.216 e. The molecule has 0 unspecified atom stereocenters. The highest BCUT2D eigenvalue weighted by molar-refractivity contribution is 9.10. The fourth-order valence-corrected chi connectivity index (χ4v) is 1.41. The maximum absolute atomic E-state index is 13.1. The molecule has 86 valence electrons. The molecular weight excluding hydrogens is 273 g/mol. The van der Waals surface area contributed by atoms with Crippen LogP contribution in [0.3, 0.4) is 0 Å². The predicted octanol–water partition coefficient (Wildman–Crippen LogP) is 3.13. The Morgan fingerprint density at radius 3 is 2.94 bits per heavy atom. The second-order valence-electron chi connectivity index (χ2n) is 3.35. The van der Waals surface area contributed by atoms with E-state index >= 15 is 0 Å².